The van der Waals surface area contributed by atoms with Crippen LogP contribution < -0.4 is 5.32 Å². The highest BCUT2D eigenvalue weighted by Gasteiger charge is 2.29. The fraction of sp³-hybridized carbons (Fsp3) is 0.708. The Balaban J connectivity index is 1.43. The molecule has 2 saturated heterocycles. The van der Waals surface area contributed by atoms with Gasteiger partial charge in [0.1, 0.15) is 5.69 Å². The number of amides is 2. The van der Waals surface area contributed by atoms with Gasteiger partial charge in [-0.15, -0.1) is 0 Å². The number of carbonyl (C=O) groups is 3. The molecule has 0 aliphatic carbocycles. The smallest absolute Gasteiger partial charge is 0.339 e. The van der Waals surface area contributed by atoms with Crippen molar-refractivity contribution >= 4 is 17.8 Å². The Labute approximate surface area is 191 Å². The number of methoxy groups -OCH3 is 1. The van der Waals surface area contributed by atoms with Crippen LogP contribution in [0.1, 0.15) is 77.6 Å². The first-order valence-electron chi connectivity index (χ1n) is 11.9. The van der Waals surface area contributed by atoms with Gasteiger partial charge in [0.2, 0.25) is 5.91 Å². The molecule has 0 unspecified atom stereocenters. The molecule has 3 heterocycles. The average Bonchev–Trinajstić information content (AvgIpc) is 3.08. The summed E-state index contributed by atoms with van der Waals surface area (Å²) < 4.78 is 4.83. The Morgan fingerprint density at radius 3 is 2.47 bits per heavy atom. The Morgan fingerprint density at radius 2 is 1.81 bits per heavy atom. The second kappa shape index (κ2) is 11.0. The number of piperidine rings is 2. The highest BCUT2D eigenvalue weighted by atomic mass is 16.5. The summed E-state index contributed by atoms with van der Waals surface area (Å²) in [6.45, 7) is 9.79. The minimum atomic E-state index is -0.435. The Bertz CT molecular complexity index is 826. The zero-order chi connectivity index (χ0) is 23.3. The molecule has 3 rings (SSSR count). The second-order valence-electron chi connectivity index (χ2n) is 9.29. The van der Waals surface area contributed by atoms with E-state index in [0.717, 1.165) is 25.9 Å². The summed E-state index contributed by atoms with van der Waals surface area (Å²) in [4.78, 5) is 44.7. The molecular weight excluding hydrogens is 408 g/mol. The number of nitrogens with zero attached hydrogens (tertiary/aromatic N) is 2. The van der Waals surface area contributed by atoms with Gasteiger partial charge in [-0.1, -0.05) is 6.42 Å². The van der Waals surface area contributed by atoms with Crippen molar-refractivity contribution in [3.63, 3.8) is 0 Å². The van der Waals surface area contributed by atoms with Crippen LogP contribution in [0.25, 0.3) is 0 Å². The third-order valence-corrected chi connectivity index (χ3v) is 7.08. The van der Waals surface area contributed by atoms with E-state index in [9.17, 15) is 14.4 Å². The summed E-state index contributed by atoms with van der Waals surface area (Å²) in [6, 6.07) is 0.610. The lowest BCUT2D eigenvalue weighted by molar-refractivity contribution is -0.122. The summed E-state index contributed by atoms with van der Waals surface area (Å²) in [5, 5.41) is 3.08. The zero-order valence-electron chi connectivity index (χ0n) is 20.0. The number of hydrogen-bond acceptors (Lipinski definition) is 5. The molecule has 0 bridgehead atoms. The van der Waals surface area contributed by atoms with Gasteiger partial charge in [-0.05, 0) is 64.5 Å². The van der Waals surface area contributed by atoms with Crippen LogP contribution in [0.2, 0.25) is 0 Å². The minimum absolute atomic E-state index is 0.0979. The van der Waals surface area contributed by atoms with Crippen molar-refractivity contribution in [2.75, 3.05) is 39.8 Å². The summed E-state index contributed by atoms with van der Waals surface area (Å²) in [5.74, 6) is -0.128. The molecule has 1 aromatic heterocycles. The van der Waals surface area contributed by atoms with Gasteiger partial charge in [-0.25, -0.2) is 4.79 Å². The van der Waals surface area contributed by atoms with Gasteiger partial charge in [-0.2, -0.15) is 0 Å². The number of aromatic amines is 1. The van der Waals surface area contributed by atoms with E-state index in [1.807, 2.05) is 4.90 Å². The van der Waals surface area contributed by atoms with Crippen molar-refractivity contribution in [2.45, 2.75) is 65.3 Å². The van der Waals surface area contributed by atoms with Crippen molar-refractivity contribution in [3.8, 4) is 0 Å². The highest BCUT2D eigenvalue weighted by molar-refractivity contribution is 6.00. The molecule has 8 heteroatoms. The number of aryl methyl sites for hydroxylation is 1. The Hall–Kier alpha value is -2.35. The van der Waals surface area contributed by atoms with Crippen molar-refractivity contribution in [2.24, 2.45) is 5.92 Å². The fourth-order valence-corrected chi connectivity index (χ4v) is 5.03. The second-order valence-corrected chi connectivity index (χ2v) is 9.29. The monoisotopic (exact) mass is 446 g/mol. The van der Waals surface area contributed by atoms with E-state index >= 15 is 0 Å². The molecule has 1 atom stereocenters. The number of likely N-dealkylation sites (tertiary alicyclic amines) is 2. The van der Waals surface area contributed by atoms with Crippen molar-refractivity contribution in [1.82, 2.24) is 20.1 Å². The third kappa shape index (κ3) is 5.71. The van der Waals surface area contributed by atoms with E-state index in [-0.39, 0.29) is 11.8 Å². The number of esters is 1. The van der Waals surface area contributed by atoms with Gasteiger partial charge >= 0.3 is 5.97 Å². The third-order valence-electron chi connectivity index (χ3n) is 7.08. The number of aromatic nitrogens is 1. The molecule has 2 aliphatic rings. The quantitative estimate of drug-likeness (QED) is 0.628. The SMILES string of the molecule is COC(=O)c1c(C)[nH]c(C(=O)N2CCC(CC(=O)NCCN3CCCC[C@H]3C)CC2)c1C. The molecule has 2 amide bonds. The predicted octanol–water partition coefficient (Wildman–Crippen LogP) is 2.65. The molecular formula is C24H38N4O4. The van der Waals surface area contributed by atoms with Crippen LogP contribution in [-0.2, 0) is 9.53 Å². The predicted molar refractivity (Wildman–Crippen MR) is 123 cm³/mol. The van der Waals surface area contributed by atoms with Crippen LogP contribution in [0.5, 0.6) is 0 Å². The van der Waals surface area contributed by atoms with Crippen LogP contribution in [0, 0.1) is 19.8 Å². The average molecular weight is 447 g/mol. The topological polar surface area (TPSA) is 94.7 Å². The number of hydrogen-bond donors (Lipinski definition) is 2. The zero-order valence-corrected chi connectivity index (χ0v) is 20.0. The first-order valence-corrected chi connectivity index (χ1v) is 11.9. The normalized spacial score (nSPS) is 20.2. The maximum atomic E-state index is 13.0. The summed E-state index contributed by atoms with van der Waals surface area (Å²) >= 11 is 0. The van der Waals surface area contributed by atoms with E-state index < -0.39 is 5.97 Å². The van der Waals surface area contributed by atoms with E-state index in [1.165, 1.54) is 26.4 Å². The van der Waals surface area contributed by atoms with Crippen molar-refractivity contribution in [3.05, 3.63) is 22.5 Å². The van der Waals surface area contributed by atoms with E-state index in [2.05, 4.69) is 22.1 Å². The minimum Gasteiger partial charge on any atom is -0.465 e. The number of nitrogens with one attached hydrogen (secondary N) is 2. The molecule has 2 fully saturated rings. The Morgan fingerprint density at radius 1 is 1.09 bits per heavy atom. The molecule has 2 N–H and O–H groups in total. The van der Waals surface area contributed by atoms with Gasteiger partial charge < -0.3 is 19.9 Å². The van der Waals surface area contributed by atoms with Gasteiger partial charge in [0.05, 0.1) is 12.7 Å². The summed E-state index contributed by atoms with van der Waals surface area (Å²) in [5.41, 5.74) is 2.15. The molecule has 32 heavy (non-hydrogen) atoms. The van der Waals surface area contributed by atoms with Crippen LogP contribution in [0.4, 0.5) is 0 Å². The maximum absolute atomic E-state index is 13.0. The van der Waals surface area contributed by atoms with Crippen molar-refractivity contribution < 1.29 is 19.1 Å². The standard InChI is InChI=1S/C24H38N4O4/c1-16-7-5-6-11-27(16)14-10-25-20(29)15-19-8-12-28(13-9-19)23(30)22-17(2)21(18(3)26-22)24(31)32-4/h16,19,26H,5-15H2,1-4H3,(H,25,29)/t16-/m1/s1. The number of ether oxygens (including phenoxy) is 1. The van der Waals surface area contributed by atoms with E-state index in [4.69, 9.17) is 4.74 Å². The van der Waals surface area contributed by atoms with Gasteiger partial charge in [0.15, 0.2) is 0 Å². The van der Waals surface area contributed by atoms with Gasteiger partial charge in [0, 0.05) is 44.3 Å². The van der Waals surface area contributed by atoms with E-state index in [1.54, 1.807) is 13.8 Å². The lowest BCUT2D eigenvalue weighted by atomic mass is 9.93. The molecule has 1 aromatic rings. The molecule has 0 saturated carbocycles. The van der Waals surface area contributed by atoms with Crippen LogP contribution >= 0.6 is 0 Å². The van der Waals surface area contributed by atoms with Gasteiger partial charge in [-0.3, -0.25) is 14.5 Å². The maximum Gasteiger partial charge on any atom is 0.339 e. The Kier molecular flexibility index (Phi) is 8.34. The van der Waals surface area contributed by atoms with E-state index in [0.29, 0.717) is 60.5 Å². The largest absolute Gasteiger partial charge is 0.465 e. The molecule has 178 valence electrons. The highest BCUT2D eigenvalue weighted by Crippen LogP contribution is 2.25. The lowest BCUT2D eigenvalue weighted by Crippen LogP contribution is -2.43. The first kappa shape index (κ1) is 24.3. The number of carbonyl (C=O) groups excluding carboxylic acids is 3. The molecule has 0 spiro atoms. The number of rotatable bonds is 7. The van der Waals surface area contributed by atoms with Crippen LogP contribution in [-0.4, -0.2) is 78.4 Å². The molecule has 2 aliphatic heterocycles. The molecule has 0 aromatic carbocycles. The molecule has 8 nitrogen and oxygen atoms in total. The fourth-order valence-electron chi connectivity index (χ4n) is 5.03. The summed E-state index contributed by atoms with van der Waals surface area (Å²) in [7, 11) is 1.34. The molecule has 0 radical (unpaired) electrons. The van der Waals surface area contributed by atoms with Gasteiger partial charge in [0.25, 0.3) is 5.91 Å². The van der Waals surface area contributed by atoms with Crippen LogP contribution in [0.3, 0.4) is 0 Å². The summed E-state index contributed by atoms with van der Waals surface area (Å²) in [6.07, 6.45) is 5.94. The number of H-pyrrole nitrogens is 1. The van der Waals surface area contributed by atoms with Crippen LogP contribution in [0.15, 0.2) is 0 Å². The first-order chi connectivity index (χ1) is 15.3. The van der Waals surface area contributed by atoms with Crippen molar-refractivity contribution in [1.29, 1.82) is 0 Å². The lowest BCUT2D eigenvalue weighted by Gasteiger charge is -2.33.